The predicted octanol–water partition coefficient (Wildman–Crippen LogP) is 6.21. The average Bonchev–Trinajstić information content (AvgIpc) is 2.61. The highest BCUT2D eigenvalue weighted by Crippen LogP contribution is 2.41. The number of halogens is 1. The lowest BCUT2D eigenvalue weighted by Gasteiger charge is -2.49. The Bertz CT molecular complexity index is 573. The van der Waals surface area contributed by atoms with Gasteiger partial charge in [-0.05, 0) is 30.1 Å². The molecule has 0 amide bonds. The van der Waals surface area contributed by atoms with E-state index in [-0.39, 0.29) is 29.5 Å². The molecular weight excluding hydrogens is 467 g/mol. The summed E-state index contributed by atoms with van der Waals surface area (Å²) >= 11 is 2.43. The predicted molar refractivity (Wildman–Crippen MR) is 124 cm³/mol. The van der Waals surface area contributed by atoms with E-state index < -0.39 is 8.32 Å². The summed E-state index contributed by atoms with van der Waals surface area (Å²) in [4.78, 5) is 0. The third-order valence-corrected chi connectivity index (χ3v) is 11.6. The summed E-state index contributed by atoms with van der Waals surface area (Å²) in [7, 11) is -1.93. The molecule has 5 heteroatoms. The first-order valence-electron chi connectivity index (χ1n) is 10.2. The molecule has 1 heterocycles. The number of hydrogen-bond acceptors (Lipinski definition) is 3. The van der Waals surface area contributed by atoms with Gasteiger partial charge in [0.25, 0.3) is 0 Å². The van der Waals surface area contributed by atoms with Gasteiger partial charge in [0.15, 0.2) is 8.32 Å². The molecular formula is C22H37IO3Si. The van der Waals surface area contributed by atoms with Crippen LogP contribution in [0.5, 0.6) is 0 Å². The Hall–Kier alpha value is 0.0469. The minimum absolute atomic E-state index is 0.00990. The molecule has 1 aromatic carbocycles. The van der Waals surface area contributed by atoms with Gasteiger partial charge >= 0.3 is 0 Å². The van der Waals surface area contributed by atoms with Crippen molar-refractivity contribution in [3.63, 3.8) is 0 Å². The first-order valence-corrected chi connectivity index (χ1v) is 14.6. The first kappa shape index (κ1) is 23.3. The van der Waals surface area contributed by atoms with E-state index in [1.165, 1.54) is 5.56 Å². The molecule has 0 saturated carbocycles. The molecule has 0 N–H and O–H groups in total. The van der Waals surface area contributed by atoms with Crippen LogP contribution in [0.25, 0.3) is 0 Å². The summed E-state index contributed by atoms with van der Waals surface area (Å²) in [6.07, 6.45) is 1.36. The summed E-state index contributed by atoms with van der Waals surface area (Å²) in [5.74, 6) is 0.313. The third kappa shape index (κ3) is 5.78. The van der Waals surface area contributed by atoms with E-state index in [9.17, 15) is 0 Å². The molecule has 2 rings (SSSR count). The van der Waals surface area contributed by atoms with Crippen molar-refractivity contribution in [2.24, 2.45) is 5.92 Å². The van der Waals surface area contributed by atoms with Gasteiger partial charge in [0.05, 0.1) is 31.0 Å². The van der Waals surface area contributed by atoms with E-state index in [0.29, 0.717) is 12.5 Å². The van der Waals surface area contributed by atoms with Gasteiger partial charge in [-0.1, -0.05) is 87.5 Å². The largest absolute Gasteiger partial charge is 0.409 e. The first-order chi connectivity index (χ1) is 12.6. The van der Waals surface area contributed by atoms with Crippen LogP contribution in [0.3, 0.4) is 0 Å². The van der Waals surface area contributed by atoms with Crippen LogP contribution in [0.15, 0.2) is 30.3 Å². The van der Waals surface area contributed by atoms with Crippen molar-refractivity contribution in [3.8, 4) is 0 Å². The van der Waals surface area contributed by atoms with Crippen LogP contribution < -0.4 is 0 Å². The fraction of sp³-hybridized carbons (Fsp3) is 0.727. The van der Waals surface area contributed by atoms with Gasteiger partial charge in [0.2, 0.25) is 0 Å². The summed E-state index contributed by atoms with van der Waals surface area (Å²) in [5, 5.41) is 0.164. The van der Waals surface area contributed by atoms with E-state index in [1.807, 2.05) is 6.07 Å². The van der Waals surface area contributed by atoms with Gasteiger partial charge in [-0.15, -0.1) is 0 Å². The van der Waals surface area contributed by atoms with Gasteiger partial charge < -0.3 is 13.9 Å². The summed E-state index contributed by atoms with van der Waals surface area (Å²) < 4.78 is 20.8. The Kier molecular flexibility index (Phi) is 8.38. The highest BCUT2D eigenvalue weighted by Gasteiger charge is 2.48. The molecule has 0 bridgehead atoms. The van der Waals surface area contributed by atoms with Gasteiger partial charge in [0.1, 0.15) is 0 Å². The minimum Gasteiger partial charge on any atom is -0.409 e. The fourth-order valence-electron chi connectivity index (χ4n) is 3.41. The summed E-state index contributed by atoms with van der Waals surface area (Å²) in [6.45, 7) is 16.6. The van der Waals surface area contributed by atoms with Crippen LogP contribution in [-0.2, 0) is 20.5 Å². The molecule has 154 valence electrons. The Labute approximate surface area is 180 Å². The van der Waals surface area contributed by atoms with E-state index >= 15 is 0 Å². The highest BCUT2D eigenvalue weighted by molar-refractivity contribution is 14.1. The van der Waals surface area contributed by atoms with Crippen LogP contribution in [0.2, 0.25) is 18.1 Å². The van der Waals surface area contributed by atoms with Crippen molar-refractivity contribution in [2.45, 2.75) is 90.2 Å². The normalized spacial score (nSPS) is 29.7. The number of rotatable bonds is 7. The van der Waals surface area contributed by atoms with E-state index in [0.717, 1.165) is 10.8 Å². The van der Waals surface area contributed by atoms with Gasteiger partial charge in [-0.3, -0.25) is 0 Å². The quantitative estimate of drug-likeness (QED) is 0.251. The number of alkyl halides is 1. The average molecular weight is 505 g/mol. The van der Waals surface area contributed by atoms with Crippen molar-refractivity contribution >= 4 is 30.9 Å². The van der Waals surface area contributed by atoms with Crippen LogP contribution in [-0.4, -0.2) is 37.2 Å². The van der Waals surface area contributed by atoms with Crippen LogP contribution in [0, 0.1) is 5.92 Å². The summed E-state index contributed by atoms with van der Waals surface area (Å²) in [5.41, 5.74) is 1.21. The Balaban J connectivity index is 2.25. The molecule has 0 unspecified atom stereocenters. The zero-order chi connectivity index (χ0) is 20.2. The molecule has 1 aliphatic rings. The van der Waals surface area contributed by atoms with Gasteiger partial charge in [-0.2, -0.15) is 0 Å². The van der Waals surface area contributed by atoms with Gasteiger partial charge in [0, 0.05) is 10.3 Å². The zero-order valence-corrected chi connectivity index (χ0v) is 21.2. The molecule has 5 atom stereocenters. The van der Waals surface area contributed by atoms with Crippen LogP contribution >= 0.6 is 22.6 Å². The maximum absolute atomic E-state index is 6.90. The molecule has 1 aliphatic heterocycles. The van der Waals surface area contributed by atoms with Crippen LogP contribution in [0.4, 0.5) is 0 Å². The second kappa shape index (κ2) is 9.70. The maximum atomic E-state index is 6.90. The molecule has 27 heavy (non-hydrogen) atoms. The van der Waals surface area contributed by atoms with Crippen molar-refractivity contribution in [3.05, 3.63) is 35.9 Å². The Morgan fingerprint density at radius 1 is 1.07 bits per heavy atom. The van der Waals surface area contributed by atoms with Crippen LogP contribution in [0.1, 0.15) is 46.6 Å². The zero-order valence-electron chi connectivity index (χ0n) is 18.0. The SMILES string of the molecule is CC[C@H]1O[C@H](CI)[C@H](O[Si](C)(C)C(C)(C)C)[C@@H](OCc2ccccc2)[C@@H]1C. The van der Waals surface area contributed by atoms with Crippen molar-refractivity contribution in [2.75, 3.05) is 4.43 Å². The highest BCUT2D eigenvalue weighted by atomic mass is 127. The van der Waals surface area contributed by atoms with Gasteiger partial charge in [-0.25, -0.2) is 0 Å². The smallest absolute Gasteiger partial charge is 0.192 e. The third-order valence-electron chi connectivity index (χ3n) is 6.22. The molecule has 0 aromatic heterocycles. The number of ether oxygens (including phenoxy) is 2. The van der Waals surface area contributed by atoms with E-state index in [4.69, 9.17) is 13.9 Å². The lowest BCUT2D eigenvalue weighted by Crippen LogP contribution is -2.60. The van der Waals surface area contributed by atoms with E-state index in [2.05, 4.69) is 94.6 Å². The van der Waals surface area contributed by atoms with Crippen molar-refractivity contribution < 1.29 is 13.9 Å². The molecule has 0 spiro atoms. The standard InChI is InChI=1S/C22H37IO3Si/c1-8-18-16(2)20(24-15-17-12-10-9-11-13-17)21(19(14-23)25-18)26-27(6,7)22(3,4)5/h9-13,16,18-21H,8,14-15H2,1-7H3/t16-,18-,19-,20+,21+/m1/s1. The maximum Gasteiger partial charge on any atom is 0.192 e. The fourth-order valence-corrected chi connectivity index (χ4v) is 5.44. The Morgan fingerprint density at radius 2 is 1.70 bits per heavy atom. The van der Waals surface area contributed by atoms with Crippen molar-refractivity contribution in [1.82, 2.24) is 0 Å². The topological polar surface area (TPSA) is 27.7 Å². The molecule has 1 saturated heterocycles. The Morgan fingerprint density at radius 3 is 2.22 bits per heavy atom. The monoisotopic (exact) mass is 504 g/mol. The van der Waals surface area contributed by atoms with Crippen molar-refractivity contribution in [1.29, 1.82) is 0 Å². The lowest BCUT2D eigenvalue weighted by atomic mass is 9.87. The molecule has 0 aliphatic carbocycles. The summed E-state index contributed by atoms with van der Waals surface area (Å²) in [6, 6.07) is 10.4. The second-order valence-corrected chi connectivity index (χ2v) is 14.9. The molecule has 3 nitrogen and oxygen atoms in total. The number of hydrogen-bond donors (Lipinski definition) is 0. The second-order valence-electron chi connectivity index (χ2n) is 9.24. The number of benzene rings is 1. The molecule has 0 radical (unpaired) electrons. The minimum atomic E-state index is -1.93. The molecule has 1 fully saturated rings. The lowest BCUT2D eigenvalue weighted by molar-refractivity contribution is -0.202. The molecule has 1 aromatic rings. The van der Waals surface area contributed by atoms with E-state index in [1.54, 1.807) is 0 Å².